The van der Waals surface area contributed by atoms with Crippen molar-refractivity contribution in [2.45, 2.75) is 4.90 Å². The minimum absolute atomic E-state index is 0.0741. The largest absolute Gasteiger partial charge is 0.389 e. The van der Waals surface area contributed by atoms with Crippen LogP contribution in [0.4, 0.5) is 5.82 Å². The fraction of sp³-hybridized carbons (Fsp3) is 0.0909. The van der Waals surface area contributed by atoms with E-state index in [1.807, 2.05) is 0 Å². The van der Waals surface area contributed by atoms with Gasteiger partial charge in [-0.25, -0.2) is 8.42 Å². The van der Waals surface area contributed by atoms with Gasteiger partial charge in [0.15, 0.2) is 0 Å². The summed E-state index contributed by atoms with van der Waals surface area (Å²) in [6.07, 6.45) is 1.42. The number of hydrogen-bond acceptors (Lipinski definition) is 4. The average molecular weight is 375 g/mol. The molecule has 0 spiro atoms. The van der Waals surface area contributed by atoms with Gasteiger partial charge in [0.2, 0.25) is 0 Å². The number of sulfonamides is 1. The van der Waals surface area contributed by atoms with E-state index in [4.69, 9.17) is 18.0 Å². The molecule has 0 amide bonds. The minimum Gasteiger partial charge on any atom is -0.389 e. The summed E-state index contributed by atoms with van der Waals surface area (Å²) in [6.45, 7) is 0. The molecule has 6 nitrogen and oxygen atoms in total. The van der Waals surface area contributed by atoms with Gasteiger partial charge in [-0.15, -0.1) is 0 Å². The third-order valence-electron chi connectivity index (χ3n) is 2.54. The molecule has 20 heavy (non-hydrogen) atoms. The highest BCUT2D eigenvalue weighted by atomic mass is 79.9. The molecule has 0 atom stereocenters. The highest BCUT2D eigenvalue weighted by Gasteiger charge is 2.20. The predicted octanol–water partition coefficient (Wildman–Crippen LogP) is 1.62. The monoisotopic (exact) mass is 374 g/mol. The van der Waals surface area contributed by atoms with Crippen molar-refractivity contribution in [1.82, 2.24) is 9.78 Å². The lowest BCUT2D eigenvalue weighted by atomic mass is 10.3. The molecule has 0 saturated heterocycles. The first kappa shape index (κ1) is 14.9. The normalized spacial score (nSPS) is 11.3. The SMILES string of the molecule is Cn1ncc(C(N)=S)c1NS(=O)(=O)c1cccc(Br)c1. The molecule has 2 aromatic rings. The topological polar surface area (TPSA) is 90.0 Å². The Morgan fingerprint density at radius 1 is 1.50 bits per heavy atom. The molecular weight excluding hydrogens is 364 g/mol. The number of rotatable bonds is 4. The van der Waals surface area contributed by atoms with Crippen molar-refractivity contribution < 1.29 is 8.42 Å². The molecule has 0 unspecified atom stereocenters. The zero-order chi connectivity index (χ0) is 14.9. The van der Waals surface area contributed by atoms with E-state index < -0.39 is 10.0 Å². The van der Waals surface area contributed by atoms with Gasteiger partial charge in [0.1, 0.15) is 10.8 Å². The van der Waals surface area contributed by atoms with E-state index in [1.165, 1.54) is 23.0 Å². The number of nitrogens with one attached hydrogen (secondary N) is 1. The summed E-state index contributed by atoms with van der Waals surface area (Å²) in [5.41, 5.74) is 5.92. The van der Waals surface area contributed by atoms with E-state index in [0.29, 0.717) is 10.0 Å². The third kappa shape index (κ3) is 3.00. The van der Waals surface area contributed by atoms with Crippen LogP contribution in [-0.4, -0.2) is 23.2 Å². The Morgan fingerprint density at radius 3 is 2.80 bits per heavy atom. The molecule has 0 aliphatic rings. The number of nitrogens with zero attached hydrogens (tertiary/aromatic N) is 2. The van der Waals surface area contributed by atoms with Crippen molar-refractivity contribution in [2.75, 3.05) is 4.72 Å². The lowest BCUT2D eigenvalue weighted by Crippen LogP contribution is -2.19. The number of thiocarbonyl (C=S) groups is 1. The molecule has 0 fully saturated rings. The summed E-state index contributed by atoms with van der Waals surface area (Å²) in [5, 5.41) is 3.95. The summed E-state index contributed by atoms with van der Waals surface area (Å²) >= 11 is 8.11. The number of nitrogens with two attached hydrogens (primary N) is 1. The predicted molar refractivity (Wildman–Crippen MR) is 84.0 cm³/mol. The standard InChI is InChI=1S/C11H11BrN4O2S2/c1-16-11(9(6-14-16)10(13)19)15-20(17,18)8-4-2-3-7(12)5-8/h2-6,15H,1H3,(H2,13,19). The van der Waals surface area contributed by atoms with E-state index in [9.17, 15) is 8.42 Å². The molecule has 1 aromatic carbocycles. The molecule has 0 saturated carbocycles. The number of aromatic nitrogens is 2. The third-order valence-corrected chi connectivity index (χ3v) is 4.59. The quantitative estimate of drug-likeness (QED) is 0.793. The number of hydrogen-bond donors (Lipinski definition) is 2. The average Bonchev–Trinajstić information content (AvgIpc) is 2.71. The second-order valence-electron chi connectivity index (χ2n) is 3.96. The second-order valence-corrected chi connectivity index (χ2v) is 7.00. The van der Waals surface area contributed by atoms with Gasteiger partial charge in [-0.2, -0.15) is 5.10 Å². The number of anilines is 1. The molecule has 0 radical (unpaired) electrons. The van der Waals surface area contributed by atoms with Crippen LogP contribution in [0.3, 0.4) is 0 Å². The van der Waals surface area contributed by atoms with Crippen LogP contribution in [0.2, 0.25) is 0 Å². The minimum atomic E-state index is -3.74. The van der Waals surface area contributed by atoms with Crippen LogP contribution in [0.5, 0.6) is 0 Å². The highest BCUT2D eigenvalue weighted by molar-refractivity contribution is 9.10. The number of halogens is 1. The maximum absolute atomic E-state index is 12.3. The fourth-order valence-corrected chi connectivity index (χ4v) is 3.41. The number of benzene rings is 1. The summed E-state index contributed by atoms with van der Waals surface area (Å²) in [5.74, 6) is 0.234. The van der Waals surface area contributed by atoms with Crippen LogP contribution in [-0.2, 0) is 17.1 Å². The maximum atomic E-state index is 12.3. The lowest BCUT2D eigenvalue weighted by Gasteiger charge is -2.10. The van der Waals surface area contributed by atoms with Gasteiger partial charge in [-0.05, 0) is 18.2 Å². The molecule has 106 valence electrons. The first-order chi connectivity index (χ1) is 9.31. The smallest absolute Gasteiger partial charge is 0.263 e. The lowest BCUT2D eigenvalue weighted by molar-refractivity contribution is 0.600. The summed E-state index contributed by atoms with van der Waals surface area (Å²) in [4.78, 5) is 0.201. The zero-order valence-electron chi connectivity index (χ0n) is 10.4. The molecule has 9 heteroatoms. The zero-order valence-corrected chi connectivity index (χ0v) is 13.6. The van der Waals surface area contributed by atoms with Crippen LogP contribution in [0, 0.1) is 0 Å². The van der Waals surface area contributed by atoms with Crippen molar-refractivity contribution in [2.24, 2.45) is 12.8 Å². The molecule has 3 N–H and O–H groups in total. The molecule has 0 aliphatic heterocycles. The van der Waals surface area contributed by atoms with Crippen molar-refractivity contribution >= 4 is 49.0 Å². The fourth-order valence-electron chi connectivity index (χ4n) is 1.56. The summed E-state index contributed by atoms with van der Waals surface area (Å²) < 4.78 is 29.1. The first-order valence-electron chi connectivity index (χ1n) is 5.41. The van der Waals surface area contributed by atoms with E-state index in [0.717, 1.165) is 0 Å². The Morgan fingerprint density at radius 2 is 2.20 bits per heavy atom. The van der Waals surface area contributed by atoms with Crippen LogP contribution >= 0.6 is 28.1 Å². The van der Waals surface area contributed by atoms with Crippen molar-refractivity contribution in [3.05, 3.63) is 40.5 Å². The van der Waals surface area contributed by atoms with Gasteiger partial charge in [0.05, 0.1) is 16.7 Å². The molecule has 1 aromatic heterocycles. The Bertz CT molecular complexity index is 770. The summed E-state index contributed by atoms with van der Waals surface area (Å²) in [7, 11) is -2.14. The van der Waals surface area contributed by atoms with E-state index in [2.05, 4.69) is 25.8 Å². The molecule has 2 rings (SSSR count). The van der Waals surface area contributed by atoms with E-state index in [1.54, 1.807) is 19.2 Å². The maximum Gasteiger partial charge on any atom is 0.263 e. The van der Waals surface area contributed by atoms with Gasteiger partial charge in [0, 0.05) is 11.5 Å². The second kappa shape index (κ2) is 5.51. The Kier molecular flexibility index (Phi) is 4.11. The van der Waals surface area contributed by atoms with Gasteiger partial charge in [-0.3, -0.25) is 9.40 Å². The first-order valence-corrected chi connectivity index (χ1v) is 8.10. The van der Waals surface area contributed by atoms with Crippen LogP contribution in [0.25, 0.3) is 0 Å². The van der Waals surface area contributed by atoms with E-state index >= 15 is 0 Å². The van der Waals surface area contributed by atoms with Crippen LogP contribution in [0.15, 0.2) is 39.8 Å². The van der Waals surface area contributed by atoms with Crippen LogP contribution < -0.4 is 10.5 Å². The van der Waals surface area contributed by atoms with E-state index in [-0.39, 0.29) is 15.7 Å². The van der Waals surface area contributed by atoms with Gasteiger partial charge < -0.3 is 5.73 Å². The number of aryl methyl sites for hydroxylation is 1. The van der Waals surface area contributed by atoms with Gasteiger partial charge >= 0.3 is 0 Å². The molecule has 1 heterocycles. The Balaban J connectivity index is 2.44. The Hall–Kier alpha value is -1.45. The van der Waals surface area contributed by atoms with Crippen molar-refractivity contribution in [1.29, 1.82) is 0 Å². The van der Waals surface area contributed by atoms with Crippen LogP contribution in [0.1, 0.15) is 5.56 Å². The van der Waals surface area contributed by atoms with Gasteiger partial charge in [-0.1, -0.05) is 34.2 Å². The summed E-state index contributed by atoms with van der Waals surface area (Å²) in [6, 6.07) is 6.36. The molecule has 0 bridgehead atoms. The van der Waals surface area contributed by atoms with Gasteiger partial charge in [0.25, 0.3) is 10.0 Å². The van der Waals surface area contributed by atoms with Crippen molar-refractivity contribution in [3.8, 4) is 0 Å². The molecular formula is C11H11BrN4O2S2. The Labute approximate surface area is 130 Å². The van der Waals surface area contributed by atoms with Crippen molar-refractivity contribution in [3.63, 3.8) is 0 Å². The molecule has 0 aliphatic carbocycles. The highest BCUT2D eigenvalue weighted by Crippen LogP contribution is 2.21.